The third-order valence-electron chi connectivity index (χ3n) is 3.17. The van der Waals surface area contributed by atoms with Crippen LogP contribution in [-0.4, -0.2) is 26.0 Å². The van der Waals surface area contributed by atoms with Gasteiger partial charge in [-0.15, -0.1) is 21.5 Å². The van der Waals surface area contributed by atoms with E-state index < -0.39 is 0 Å². The van der Waals surface area contributed by atoms with Crippen LogP contribution in [0.15, 0.2) is 35.7 Å². The van der Waals surface area contributed by atoms with E-state index in [-0.39, 0.29) is 12.3 Å². The van der Waals surface area contributed by atoms with Gasteiger partial charge in [-0.25, -0.2) is 0 Å². The lowest BCUT2D eigenvalue weighted by atomic mass is 10.0. The molecule has 3 rings (SSSR count). The van der Waals surface area contributed by atoms with E-state index in [1.807, 2.05) is 49.6 Å². The van der Waals surface area contributed by atoms with Crippen molar-refractivity contribution in [3.8, 4) is 10.7 Å². The van der Waals surface area contributed by atoms with Crippen LogP contribution in [0.2, 0.25) is 0 Å². The molecule has 2 aromatic heterocycles. The number of thiophene rings is 1. The SMILES string of the molecule is Cc1ccc(C)c(C(=O)Cn2nnc(-c3cccs3)n2)c1. The molecule has 2 heterocycles. The molecule has 0 atom stereocenters. The second-order valence-electron chi connectivity index (χ2n) is 4.86. The maximum Gasteiger partial charge on any atom is 0.214 e. The first-order valence-corrected chi connectivity index (χ1v) is 7.43. The molecule has 0 radical (unpaired) electrons. The molecule has 0 fully saturated rings. The van der Waals surface area contributed by atoms with Crippen LogP contribution < -0.4 is 0 Å². The van der Waals surface area contributed by atoms with E-state index in [9.17, 15) is 4.79 Å². The number of ketones is 1. The van der Waals surface area contributed by atoms with Gasteiger partial charge in [-0.2, -0.15) is 4.80 Å². The van der Waals surface area contributed by atoms with Crippen molar-refractivity contribution >= 4 is 17.1 Å². The molecule has 6 heteroatoms. The van der Waals surface area contributed by atoms with E-state index >= 15 is 0 Å². The first-order chi connectivity index (χ1) is 10.1. The van der Waals surface area contributed by atoms with Crippen molar-refractivity contribution in [1.29, 1.82) is 0 Å². The minimum Gasteiger partial charge on any atom is -0.292 e. The standard InChI is InChI=1S/C15H14N4OS/c1-10-5-6-11(2)12(8-10)13(20)9-19-17-15(16-18-19)14-4-3-7-21-14/h3-8H,9H2,1-2H3. The van der Waals surface area contributed by atoms with Crippen molar-refractivity contribution in [1.82, 2.24) is 20.2 Å². The number of aryl methyl sites for hydroxylation is 2. The Kier molecular flexibility index (Phi) is 3.62. The van der Waals surface area contributed by atoms with Crippen LogP contribution >= 0.6 is 11.3 Å². The van der Waals surface area contributed by atoms with Gasteiger partial charge in [0, 0.05) is 5.56 Å². The van der Waals surface area contributed by atoms with Crippen molar-refractivity contribution in [3.63, 3.8) is 0 Å². The summed E-state index contributed by atoms with van der Waals surface area (Å²) in [6.07, 6.45) is 0. The summed E-state index contributed by atoms with van der Waals surface area (Å²) in [5.41, 5.74) is 2.74. The number of aromatic nitrogens is 4. The molecule has 21 heavy (non-hydrogen) atoms. The maximum absolute atomic E-state index is 12.4. The minimum atomic E-state index is -0.00803. The summed E-state index contributed by atoms with van der Waals surface area (Å²) in [6.45, 7) is 4.00. The zero-order chi connectivity index (χ0) is 14.8. The Hall–Kier alpha value is -2.34. The Labute approximate surface area is 126 Å². The van der Waals surface area contributed by atoms with Gasteiger partial charge in [0.25, 0.3) is 0 Å². The van der Waals surface area contributed by atoms with Gasteiger partial charge in [0.1, 0.15) is 6.54 Å². The average Bonchev–Trinajstić information content (AvgIpc) is 3.11. The number of carbonyl (C=O) groups is 1. The molecule has 0 N–H and O–H groups in total. The maximum atomic E-state index is 12.4. The van der Waals surface area contributed by atoms with E-state index in [2.05, 4.69) is 15.4 Å². The molecule has 0 aliphatic rings. The topological polar surface area (TPSA) is 60.7 Å². The first-order valence-electron chi connectivity index (χ1n) is 6.55. The molecule has 0 amide bonds. The van der Waals surface area contributed by atoms with Gasteiger partial charge >= 0.3 is 0 Å². The number of nitrogens with zero attached hydrogens (tertiary/aromatic N) is 4. The molecular weight excluding hydrogens is 284 g/mol. The predicted octanol–water partition coefficient (Wildman–Crippen LogP) is 2.90. The van der Waals surface area contributed by atoms with E-state index in [0.717, 1.165) is 16.0 Å². The largest absolute Gasteiger partial charge is 0.292 e. The summed E-state index contributed by atoms with van der Waals surface area (Å²) >= 11 is 1.55. The number of rotatable bonds is 4. The fourth-order valence-electron chi connectivity index (χ4n) is 2.06. The van der Waals surface area contributed by atoms with Crippen molar-refractivity contribution in [2.24, 2.45) is 0 Å². The fourth-order valence-corrected chi connectivity index (χ4v) is 2.71. The summed E-state index contributed by atoms with van der Waals surface area (Å²) < 4.78 is 0. The summed E-state index contributed by atoms with van der Waals surface area (Å²) in [5.74, 6) is 0.546. The molecule has 0 unspecified atom stereocenters. The van der Waals surface area contributed by atoms with E-state index in [4.69, 9.17) is 0 Å². The zero-order valence-electron chi connectivity index (χ0n) is 11.8. The van der Waals surface area contributed by atoms with E-state index in [0.29, 0.717) is 11.4 Å². The lowest BCUT2D eigenvalue weighted by Crippen LogP contribution is -2.14. The highest BCUT2D eigenvalue weighted by Crippen LogP contribution is 2.19. The van der Waals surface area contributed by atoms with Crippen LogP contribution in [0.3, 0.4) is 0 Å². The molecule has 0 spiro atoms. The molecule has 5 nitrogen and oxygen atoms in total. The predicted molar refractivity (Wildman–Crippen MR) is 81.4 cm³/mol. The average molecular weight is 298 g/mol. The summed E-state index contributed by atoms with van der Waals surface area (Å²) in [7, 11) is 0. The second-order valence-corrected chi connectivity index (χ2v) is 5.81. The monoisotopic (exact) mass is 298 g/mol. The molecule has 0 saturated heterocycles. The molecule has 3 aromatic rings. The first kappa shape index (κ1) is 13.6. The van der Waals surface area contributed by atoms with Gasteiger partial charge in [0.2, 0.25) is 5.82 Å². The Bertz CT molecular complexity index is 777. The zero-order valence-corrected chi connectivity index (χ0v) is 12.6. The van der Waals surface area contributed by atoms with Crippen LogP contribution in [0.5, 0.6) is 0 Å². The Morgan fingerprint density at radius 2 is 2.14 bits per heavy atom. The molecule has 0 aliphatic heterocycles. The van der Waals surface area contributed by atoms with Crippen molar-refractivity contribution in [2.45, 2.75) is 20.4 Å². The van der Waals surface area contributed by atoms with E-state index in [1.165, 1.54) is 4.80 Å². The Balaban J connectivity index is 1.80. The van der Waals surface area contributed by atoms with Gasteiger partial charge in [-0.1, -0.05) is 23.8 Å². The summed E-state index contributed by atoms with van der Waals surface area (Å²) in [6, 6.07) is 9.71. The highest BCUT2D eigenvalue weighted by Gasteiger charge is 2.13. The van der Waals surface area contributed by atoms with Gasteiger partial charge in [0.05, 0.1) is 4.88 Å². The van der Waals surface area contributed by atoms with Crippen molar-refractivity contribution in [2.75, 3.05) is 0 Å². The van der Waals surface area contributed by atoms with Crippen LogP contribution in [-0.2, 0) is 6.54 Å². The Morgan fingerprint density at radius 1 is 1.29 bits per heavy atom. The molecule has 0 saturated carbocycles. The molecule has 0 aliphatic carbocycles. The lowest BCUT2D eigenvalue weighted by Gasteiger charge is -2.05. The lowest BCUT2D eigenvalue weighted by molar-refractivity contribution is 0.0960. The van der Waals surface area contributed by atoms with Crippen LogP contribution in [0.1, 0.15) is 21.5 Å². The quantitative estimate of drug-likeness (QED) is 0.695. The van der Waals surface area contributed by atoms with Gasteiger partial charge < -0.3 is 0 Å². The fraction of sp³-hybridized carbons (Fsp3) is 0.200. The number of Topliss-reactive ketones (excluding diaryl/α,β-unsaturated/α-hetero) is 1. The third-order valence-corrected chi connectivity index (χ3v) is 4.04. The molecular formula is C15H14N4OS. The highest BCUT2D eigenvalue weighted by molar-refractivity contribution is 7.13. The number of hydrogen-bond donors (Lipinski definition) is 0. The highest BCUT2D eigenvalue weighted by atomic mass is 32.1. The van der Waals surface area contributed by atoms with Crippen LogP contribution in [0.25, 0.3) is 10.7 Å². The third kappa shape index (κ3) is 2.90. The molecule has 106 valence electrons. The summed E-state index contributed by atoms with van der Waals surface area (Å²) in [5, 5.41) is 14.1. The van der Waals surface area contributed by atoms with Crippen molar-refractivity contribution in [3.05, 3.63) is 52.4 Å². The molecule has 0 bridgehead atoms. The minimum absolute atomic E-state index is 0.00803. The smallest absolute Gasteiger partial charge is 0.214 e. The van der Waals surface area contributed by atoms with Crippen LogP contribution in [0.4, 0.5) is 0 Å². The van der Waals surface area contributed by atoms with Gasteiger partial charge in [0.15, 0.2) is 5.78 Å². The van der Waals surface area contributed by atoms with E-state index in [1.54, 1.807) is 11.3 Å². The molecule has 1 aromatic carbocycles. The number of benzene rings is 1. The second kappa shape index (κ2) is 5.57. The number of tetrazole rings is 1. The normalized spacial score (nSPS) is 10.8. The van der Waals surface area contributed by atoms with Gasteiger partial charge in [-0.05, 0) is 42.1 Å². The number of carbonyl (C=O) groups excluding carboxylic acids is 1. The summed E-state index contributed by atoms with van der Waals surface area (Å²) in [4.78, 5) is 14.6. The van der Waals surface area contributed by atoms with Crippen molar-refractivity contribution < 1.29 is 4.79 Å². The van der Waals surface area contributed by atoms with Crippen LogP contribution in [0, 0.1) is 13.8 Å². The Morgan fingerprint density at radius 3 is 2.90 bits per heavy atom. The van der Waals surface area contributed by atoms with Gasteiger partial charge in [-0.3, -0.25) is 4.79 Å². The number of hydrogen-bond acceptors (Lipinski definition) is 5.